The van der Waals surface area contributed by atoms with E-state index in [9.17, 15) is 0 Å². The van der Waals surface area contributed by atoms with Gasteiger partial charge in [0.1, 0.15) is 23.0 Å². The summed E-state index contributed by atoms with van der Waals surface area (Å²) in [5, 5.41) is 7.04. The first-order valence-electron chi connectivity index (χ1n) is 19.3. The van der Waals surface area contributed by atoms with E-state index < -0.39 is 0 Å². The van der Waals surface area contributed by atoms with E-state index in [4.69, 9.17) is 9.15 Å². The van der Waals surface area contributed by atoms with Crippen molar-refractivity contribution < 1.29 is 9.15 Å². The summed E-state index contributed by atoms with van der Waals surface area (Å²) in [4.78, 5) is 2.41. The molecule has 264 valence electrons. The fourth-order valence-electron chi connectivity index (χ4n) is 9.21. The SMILES string of the molecule is C1=CC2Oc3c(ccc4ccccc34)C2C=C1c1ccccc1N(c1ccc2c(c1)oc1ccccc12)c1ccccc1-n1c2ccccc2c2ccccc21. The Morgan fingerprint density at radius 3 is 2.02 bits per heavy atom. The molecule has 0 fully saturated rings. The topological polar surface area (TPSA) is 30.5 Å². The molecule has 0 N–H and O–H groups in total. The maximum atomic E-state index is 6.66. The molecule has 2 aliphatic rings. The lowest BCUT2D eigenvalue weighted by Gasteiger charge is -2.31. The number of para-hydroxylation sites is 6. The molecule has 56 heavy (non-hydrogen) atoms. The highest BCUT2D eigenvalue weighted by Gasteiger charge is 2.35. The van der Waals surface area contributed by atoms with Crippen LogP contribution in [-0.2, 0) is 0 Å². The zero-order valence-electron chi connectivity index (χ0n) is 30.3. The highest BCUT2D eigenvalue weighted by Crippen LogP contribution is 2.49. The van der Waals surface area contributed by atoms with Crippen LogP contribution in [0.25, 0.3) is 65.8 Å². The standard InChI is InChI=1S/C52H34N2O2/c1-2-15-37-33(13-1)25-28-42-43-31-34(26-30-50(43)56-52(37)42)36-14-3-7-19-44(36)53(35-27-29-41-40-18-6-12-24-49(40)55-51(41)32-35)47-22-10-11-23-48(47)54-45-20-8-4-16-38(45)39-17-5-9-21-46(39)54/h1-32,43,50H. The fraction of sp³-hybridized carbons (Fsp3) is 0.0385. The minimum atomic E-state index is -0.0469. The van der Waals surface area contributed by atoms with Crippen LogP contribution in [0.3, 0.4) is 0 Å². The van der Waals surface area contributed by atoms with Gasteiger partial charge in [0, 0.05) is 55.7 Å². The van der Waals surface area contributed by atoms with Gasteiger partial charge in [0.25, 0.3) is 0 Å². The summed E-state index contributed by atoms with van der Waals surface area (Å²) in [6.07, 6.45) is 6.84. The second-order valence-corrected chi connectivity index (χ2v) is 14.8. The van der Waals surface area contributed by atoms with Gasteiger partial charge in [0.15, 0.2) is 0 Å². The van der Waals surface area contributed by atoms with Crippen LogP contribution in [0.15, 0.2) is 199 Å². The third-order valence-electron chi connectivity index (χ3n) is 11.7. The zero-order chi connectivity index (χ0) is 36.7. The number of furan rings is 1. The molecule has 2 aromatic heterocycles. The van der Waals surface area contributed by atoms with Crippen LogP contribution in [0, 0.1) is 0 Å². The van der Waals surface area contributed by atoms with Crippen LogP contribution >= 0.6 is 0 Å². The summed E-state index contributed by atoms with van der Waals surface area (Å²) >= 11 is 0. The molecule has 0 saturated carbocycles. The first-order valence-corrected chi connectivity index (χ1v) is 19.3. The number of ether oxygens (including phenoxy) is 1. The molecule has 0 spiro atoms. The lowest BCUT2D eigenvalue weighted by atomic mass is 9.85. The molecular formula is C52H34N2O2. The summed E-state index contributed by atoms with van der Waals surface area (Å²) in [6, 6.07) is 62.9. The van der Waals surface area contributed by atoms with Crippen LogP contribution in [0.1, 0.15) is 17.0 Å². The molecule has 4 heteroatoms. The number of hydrogen-bond acceptors (Lipinski definition) is 3. The van der Waals surface area contributed by atoms with E-state index in [1.807, 2.05) is 12.1 Å². The number of benzene rings is 8. The first kappa shape index (κ1) is 31.1. The van der Waals surface area contributed by atoms with Crippen molar-refractivity contribution in [3.05, 3.63) is 205 Å². The van der Waals surface area contributed by atoms with Crippen molar-refractivity contribution in [1.82, 2.24) is 4.57 Å². The van der Waals surface area contributed by atoms with Gasteiger partial charge >= 0.3 is 0 Å². The van der Waals surface area contributed by atoms with E-state index in [0.29, 0.717) is 0 Å². The summed E-state index contributed by atoms with van der Waals surface area (Å²) < 4.78 is 15.6. The predicted molar refractivity (Wildman–Crippen MR) is 231 cm³/mol. The summed E-state index contributed by atoms with van der Waals surface area (Å²) in [5.74, 6) is 1.10. The van der Waals surface area contributed by atoms with Gasteiger partial charge in [-0.1, -0.05) is 133 Å². The Kier molecular flexibility index (Phi) is 6.72. The summed E-state index contributed by atoms with van der Waals surface area (Å²) in [7, 11) is 0. The molecule has 2 unspecified atom stereocenters. The minimum Gasteiger partial charge on any atom is -0.484 e. The van der Waals surface area contributed by atoms with Gasteiger partial charge in [-0.2, -0.15) is 0 Å². The Hall–Kier alpha value is -7.30. The molecule has 0 saturated heterocycles. The van der Waals surface area contributed by atoms with Gasteiger partial charge < -0.3 is 18.6 Å². The van der Waals surface area contributed by atoms with E-state index >= 15 is 0 Å². The number of nitrogens with zero attached hydrogens (tertiary/aromatic N) is 2. The molecule has 0 bridgehead atoms. The van der Waals surface area contributed by atoms with Crippen molar-refractivity contribution in [2.24, 2.45) is 0 Å². The van der Waals surface area contributed by atoms with E-state index in [1.165, 1.54) is 32.8 Å². The molecule has 0 radical (unpaired) electrons. The molecule has 2 atom stereocenters. The van der Waals surface area contributed by atoms with Crippen LogP contribution in [0.2, 0.25) is 0 Å². The quantitative estimate of drug-likeness (QED) is 0.177. The van der Waals surface area contributed by atoms with Crippen molar-refractivity contribution in [3.8, 4) is 11.4 Å². The second kappa shape index (κ2) is 12.1. The Bertz CT molecular complexity index is 3220. The molecule has 3 heterocycles. The van der Waals surface area contributed by atoms with Crippen molar-refractivity contribution in [2.45, 2.75) is 12.0 Å². The third-order valence-corrected chi connectivity index (χ3v) is 11.7. The Balaban J connectivity index is 1.09. The highest BCUT2D eigenvalue weighted by atomic mass is 16.5. The van der Waals surface area contributed by atoms with Crippen LogP contribution in [0.5, 0.6) is 5.75 Å². The molecule has 10 aromatic rings. The van der Waals surface area contributed by atoms with E-state index in [1.54, 1.807) is 0 Å². The zero-order valence-corrected chi connectivity index (χ0v) is 30.3. The van der Waals surface area contributed by atoms with Crippen molar-refractivity contribution >= 4 is 77.2 Å². The lowest BCUT2D eigenvalue weighted by Crippen LogP contribution is -2.18. The largest absolute Gasteiger partial charge is 0.484 e. The van der Waals surface area contributed by atoms with E-state index in [0.717, 1.165) is 67.0 Å². The smallest absolute Gasteiger partial charge is 0.137 e. The number of anilines is 3. The van der Waals surface area contributed by atoms with Gasteiger partial charge in [0.2, 0.25) is 0 Å². The molecule has 12 rings (SSSR count). The maximum absolute atomic E-state index is 6.66. The minimum absolute atomic E-state index is 0.0469. The van der Waals surface area contributed by atoms with Crippen molar-refractivity contribution in [1.29, 1.82) is 0 Å². The van der Waals surface area contributed by atoms with Gasteiger partial charge in [-0.15, -0.1) is 0 Å². The third kappa shape index (κ3) is 4.59. The second-order valence-electron chi connectivity index (χ2n) is 14.8. The summed E-state index contributed by atoms with van der Waals surface area (Å²) in [6.45, 7) is 0. The van der Waals surface area contributed by atoms with Crippen molar-refractivity contribution in [3.63, 3.8) is 0 Å². The number of rotatable bonds is 5. The first-order chi connectivity index (χ1) is 27.8. The Labute approximate surface area is 323 Å². The monoisotopic (exact) mass is 718 g/mol. The summed E-state index contributed by atoms with van der Waals surface area (Å²) in [5.41, 5.74) is 11.8. The Morgan fingerprint density at radius 2 is 1.18 bits per heavy atom. The highest BCUT2D eigenvalue weighted by molar-refractivity contribution is 6.10. The molecule has 4 nitrogen and oxygen atoms in total. The van der Waals surface area contributed by atoms with Crippen molar-refractivity contribution in [2.75, 3.05) is 4.90 Å². The van der Waals surface area contributed by atoms with Gasteiger partial charge in [-0.05, 0) is 65.6 Å². The fourth-order valence-corrected chi connectivity index (χ4v) is 9.21. The lowest BCUT2D eigenvalue weighted by molar-refractivity contribution is 0.272. The van der Waals surface area contributed by atoms with Gasteiger partial charge in [-0.25, -0.2) is 0 Å². The van der Waals surface area contributed by atoms with Gasteiger partial charge in [0.05, 0.1) is 28.1 Å². The van der Waals surface area contributed by atoms with E-state index in [-0.39, 0.29) is 12.0 Å². The molecular weight excluding hydrogens is 685 g/mol. The van der Waals surface area contributed by atoms with Crippen LogP contribution in [-0.4, -0.2) is 10.7 Å². The maximum Gasteiger partial charge on any atom is 0.137 e. The van der Waals surface area contributed by atoms with Gasteiger partial charge in [-0.3, -0.25) is 0 Å². The molecule has 8 aromatic carbocycles. The number of aromatic nitrogens is 1. The van der Waals surface area contributed by atoms with E-state index in [2.05, 4.69) is 191 Å². The average molecular weight is 719 g/mol. The van der Waals surface area contributed by atoms with Crippen LogP contribution in [0.4, 0.5) is 17.1 Å². The predicted octanol–water partition coefficient (Wildman–Crippen LogP) is 13.8. The number of allylic oxidation sites excluding steroid dienone is 2. The molecule has 1 aliphatic carbocycles. The van der Waals surface area contributed by atoms with Crippen LogP contribution < -0.4 is 9.64 Å². The number of fused-ring (bicyclic) bond motifs is 11. The Morgan fingerprint density at radius 1 is 0.518 bits per heavy atom. The average Bonchev–Trinajstić information content (AvgIpc) is 3.93. The molecule has 0 amide bonds. The normalized spacial score (nSPS) is 16.0. The number of hydrogen-bond donors (Lipinski definition) is 0. The molecule has 1 aliphatic heterocycles.